The molecule has 1 amide bonds. The van der Waals surface area contributed by atoms with E-state index in [0.717, 1.165) is 13.2 Å². The zero-order valence-corrected chi connectivity index (χ0v) is 12.5. The predicted octanol–water partition coefficient (Wildman–Crippen LogP) is 2.54. The van der Waals surface area contributed by atoms with Crippen molar-refractivity contribution in [2.75, 3.05) is 7.11 Å². The van der Waals surface area contributed by atoms with Gasteiger partial charge in [0.25, 0.3) is 0 Å². The standard InChI is InChI=1S/C14H14F5NO3/c1-7(21)13(2,14(17,18)19)20-10(22)6-8-4-5-9(15)11(16)12(8)23-3/h4-5H,6H2,1-3H3,(H,20,22)/t13-/m1/s1. The zero-order valence-electron chi connectivity index (χ0n) is 12.5. The Labute approximate surface area is 128 Å². The van der Waals surface area contributed by atoms with Crippen LogP contribution in [0.5, 0.6) is 5.75 Å². The second-order valence-electron chi connectivity index (χ2n) is 4.96. The van der Waals surface area contributed by atoms with Gasteiger partial charge in [0.15, 0.2) is 22.9 Å². The summed E-state index contributed by atoms with van der Waals surface area (Å²) in [6, 6.07) is 1.73. The second kappa shape index (κ2) is 6.51. The Kier molecular flexibility index (Phi) is 5.34. The number of carbonyl (C=O) groups is 2. The molecule has 0 saturated heterocycles. The van der Waals surface area contributed by atoms with Crippen LogP contribution in [0.2, 0.25) is 0 Å². The van der Waals surface area contributed by atoms with Crippen molar-refractivity contribution in [2.45, 2.75) is 32.0 Å². The van der Waals surface area contributed by atoms with Gasteiger partial charge in [0.1, 0.15) is 0 Å². The minimum atomic E-state index is -5.01. The predicted molar refractivity (Wildman–Crippen MR) is 69.9 cm³/mol. The highest BCUT2D eigenvalue weighted by Crippen LogP contribution is 2.31. The molecule has 1 rings (SSSR count). The van der Waals surface area contributed by atoms with Crippen LogP contribution in [-0.2, 0) is 16.0 Å². The van der Waals surface area contributed by atoms with Gasteiger partial charge in [0.2, 0.25) is 11.7 Å². The number of amides is 1. The number of halogens is 5. The summed E-state index contributed by atoms with van der Waals surface area (Å²) < 4.78 is 70.0. The number of benzene rings is 1. The molecule has 1 atom stereocenters. The number of nitrogens with one attached hydrogen (secondary N) is 1. The topological polar surface area (TPSA) is 55.4 Å². The molecule has 0 aliphatic heterocycles. The number of hydrogen-bond donors (Lipinski definition) is 1. The third-order valence-corrected chi connectivity index (χ3v) is 3.35. The van der Waals surface area contributed by atoms with E-state index in [9.17, 15) is 31.5 Å². The molecule has 0 spiro atoms. The number of hydrogen-bond acceptors (Lipinski definition) is 3. The van der Waals surface area contributed by atoms with Crippen LogP contribution in [0.15, 0.2) is 12.1 Å². The highest BCUT2D eigenvalue weighted by Gasteiger charge is 2.55. The number of methoxy groups -OCH3 is 1. The molecule has 0 aliphatic carbocycles. The average molecular weight is 339 g/mol. The van der Waals surface area contributed by atoms with E-state index in [1.165, 1.54) is 0 Å². The average Bonchev–Trinajstić information content (AvgIpc) is 2.41. The Morgan fingerprint density at radius 2 is 1.78 bits per heavy atom. The highest BCUT2D eigenvalue weighted by atomic mass is 19.4. The first kappa shape index (κ1) is 18.9. The molecule has 4 nitrogen and oxygen atoms in total. The lowest BCUT2D eigenvalue weighted by atomic mass is 9.96. The monoisotopic (exact) mass is 339 g/mol. The molecule has 0 aromatic heterocycles. The molecule has 9 heteroatoms. The maximum Gasteiger partial charge on any atom is 0.418 e. The SMILES string of the molecule is COc1c(CC(=O)N[C@](C)(C(C)=O)C(F)(F)F)ccc(F)c1F. The molecule has 23 heavy (non-hydrogen) atoms. The van der Waals surface area contributed by atoms with E-state index in [1.54, 1.807) is 5.32 Å². The largest absolute Gasteiger partial charge is 0.493 e. The molecule has 0 aliphatic rings. The molecule has 1 aromatic rings. The Hall–Kier alpha value is -2.19. The first-order chi connectivity index (χ1) is 10.4. The van der Waals surface area contributed by atoms with Gasteiger partial charge in [-0.1, -0.05) is 6.07 Å². The summed E-state index contributed by atoms with van der Waals surface area (Å²) in [6.45, 7) is 1.21. The highest BCUT2D eigenvalue weighted by molar-refractivity contribution is 5.92. The van der Waals surface area contributed by atoms with Crippen LogP contribution in [0.3, 0.4) is 0 Å². The number of Topliss-reactive ketones (excluding diaryl/α,β-unsaturated/α-hetero) is 1. The quantitative estimate of drug-likeness (QED) is 0.839. The molecule has 128 valence electrons. The molecule has 1 aromatic carbocycles. The number of ether oxygens (including phenoxy) is 1. The van der Waals surface area contributed by atoms with E-state index in [0.29, 0.717) is 19.9 Å². The fourth-order valence-electron chi connectivity index (χ4n) is 1.79. The van der Waals surface area contributed by atoms with E-state index >= 15 is 0 Å². The Morgan fingerprint density at radius 3 is 2.22 bits per heavy atom. The summed E-state index contributed by atoms with van der Waals surface area (Å²) in [6.07, 6.45) is -5.73. The second-order valence-corrected chi connectivity index (χ2v) is 4.96. The van der Waals surface area contributed by atoms with Crippen molar-refractivity contribution in [3.05, 3.63) is 29.3 Å². The third kappa shape index (κ3) is 3.77. The Bertz CT molecular complexity index is 630. The Morgan fingerprint density at radius 1 is 1.22 bits per heavy atom. The van der Waals surface area contributed by atoms with Crippen molar-refractivity contribution >= 4 is 11.7 Å². The van der Waals surface area contributed by atoms with E-state index in [1.807, 2.05) is 0 Å². The van der Waals surface area contributed by atoms with Gasteiger partial charge >= 0.3 is 6.18 Å². The molecular weight excluding hydrogens is 325 g/mol. The van der Waals surface area contributed by atoms with Crippen LogP contribution in [0.25, 0.3) is 0 Å². The van der Waals surface area contributed by atoms with Gasteiger partial charge < -0.3 is 10.1 Å². The lowest BCUT2D eigenvalue weighted by Gasteiger charge is -2.30. The molecule has 1 N–H and O–H groups in total. The number of carbonyl (C=O) groups excluding carboxylic acids is 2. The van der Waals surface area contributed by atoms with Gasteiger partial charge in [-0.15, -0.1) is 0 Å². The minimum Gasteiger partial charge on any atom is -0.493 e. The molecule has 0 unspecified atom stereocenters. The van der Waals surface area contributed by atoms with E-state index < -0.39 is 47.2 Å². The van der Waals surface area contributed by atoms with Gasteiger partial charge in [-0.25, -0.2) is 4.39 Å². The summed E-state index contributed by atoms with van der Waals surface area (Å²) in [5.74, 6) is -5.67. The first-order valence-corrected chi connectivity index (χ1v) is 6.33. The molecule has 0 saturated carbocycles. The van der Waals surface area contributed by atoms with Crippen molar-refractivity contribution in [3.63, 3.8) is 0 Å². The Balaban J connectivity index is 3.06. The van der Waals surface area contributed by atoms with E-state index in [2.05, 4.69) is 4.74 Å². The molecular formula is C14H14F5NO3. The normalized spacial score (nSPS) is 14.1. The zero-order chi connectivity index (χ0) is 18.0. The molecule has 0 bridgehead atoms. The summed E-state index contributed by atoms with van der Waals surface area (Å²) in [5.41, 5.74) is -3.23. The maximum atomic E-state index is 13.5. The van der Waals surface area contributed by atoms with Gasteiger partial charge in [-0.3, -0.25) is 9.59 Å². The van der Waals surface area contributed by atoms with Gasteiger partial charge in [-0.05, 0) is 19.9 Å². The van der Waals surface area contributed by atoms with Crippen LogP contribution >= 0.6 is 0 Å². The number of ketones is 1. The van der Waals surface area contributed by atoms with Crippen LogP contribution < -0.4 is 10.1 Å². The fraction of sp³-hybridized carbons (Fsp3) is 0.429. The van der Waals surface area contributed by atoms with Gasteiger partial charge in [0, 0.05) is 5.56 Å². The van der Waals surface area contributed by atoms with Gasteiger partial charge in [-0.2, -0.15) is 17.6 Å². The first-order valence-electron chi connectivity index (χ1n) is 6.33. The van der Waals surface area contributed by atoms with Crippen LogP contribution in [0, 0.1) is 11.6 Å². The van der Waals surface area contributed by atoms with Crippen LogP contribution in [0.1, 0.15) is 19.4 Å². The smallest absolute Gasteiger partial charge is 0.418 e. The summed E-state index contributed by atoms with van der Waals surface area (Å²) in [4.78, 5) is 23.1. The maximum absolute atomic E-state index is 13.5. The van der Waals surface area contributed by atoms with Crippen molar-refractivity contribution < 1.29 is 36.3 Å². The molecule has 0 fully saturated rings. The van der Waals surface area contributed by atoms with Gasteiger partial charge in [0.05, 0.1) is 13.5 Å². The number of rotatable bonds is 5. The number of alkyl halides is 3. The van der Waals surface area contributed by atoms with E-state index in [-0.39, 0.29) is 5.56 Å². The minimum absolute atomic E-state index is 0.156. The molecule has 0 heterocycles. The van der Waals surface area contributed by atoms with Crippen molar-refractivity contribution in [2.24, 2.45) is 0 Å². The van der Waals surface area contributed by atoms with E-state index in [4.69, 9.17) is 0 Å². The van der Waals surface area contributed by atoms with Crippen LogP contribution in [-0.4, -0.2) is 30.5 Å². The summed E-state index contributed by atoms with van der Waals surface area (Å²) in [7, 11) is 1.02. The lowest BCUT2D eigenvalue weighted by Crippen LogP contribution is -2.61. The molecule has 0 radical (unpaired) electrons. The summed E-state index contributed by atoms with van der Waals surface area (Å²) in [5, 5.41) is 1.58. The third-order valence-electron chi connectivity index (χ3n) is 3.35. The van der Waals surface area contributed by atoms with Crippen LogP contribution in [0.4, 0.5) is 22.0 Å². The van der Waals surface area contributed by atoms with Crippen molar-refractivity contribution in [1.29, 1.82) is 0 Å². The fourth-order valence-corrected chi connectivity index (χ4v) is 1.79. The summed E-state index contributed by atoms with van der Waals surface area (Å²) >= 11 is 0. The van der Waals surface area contributed by atoms with Crippen molar-refractivity contribution in [3.8, 4) is 5.75 Å². The lowest BCUT2D eigenvalue weighted by molar-refractivity contribution is -0.195. The van der Waals surface area contributed by atoms with Crippen molar-refractivity contribution in [1.82, 2.24) is 5.32 Å².